The van der Waals surface area contributed by atoms with Gasteiger partial charge in [0.1, 0.15) is 5.02 Å². The van der Waals surface area contributed by atoms with Crippen LogP contribution in [0.3, 0.4) is 0 Å². The van der Waals surface area contributed by atoms with Crippen molar-refractivity contribution in [2.24, 2.45) is 5.41 Å². The number of carbonyl (C=O) groups is 1. The Morgan fingerprint density at radius 2 is 1.91 bits per heavy atom. The summed E-state index contributed by atoms with van der Waals surface area (Å²) < 4.78 is 11.9. The summed E-state index contributed by atoms with van der Waals surface area (Å²) in [5, 5.41) is 7.03. The maximum atomic E-state index is 12.5. The second kappa shape index (κ2) is 10.2. The fraction of sp³-hybridized carbons (Fsp3) is 0.522. The Hall–Kier alpha value is -2.16. The van der Waals surface area contributed by atoms with Gasteiger partial charge >= 0.3 is 7.12 Å². The SMILES string of the molecule is CCC(CC)Nc1nc(Nc2cc(C)c(B3OCC(C)(C)CO3)c(C(C)=O)c2)ncc1Cl. The van der Waals surface area contributed by atoms with Crippen LogP contribution < -0.4 is 16.1 Å². The molecule has 1 fully saturated rings. The van der Waals surface area contributed by atoms with Crippen molar-refractivity contribution in [2.75, 3.05) is 23.8 Å². The van der Waals surface area contributed by atoms with Crippen molar-refractivity contribution in [3.63, 3.8) is 0 Å². The number of aromatic nitrogens is 2. The van der Waals surface area contributed by atoms with Gasteiger partial charge in [0, 0.05) is 35.9 Å². The molecule has 1 aromatic carbocycles. The van der Waals surface area contributed by atoms with Crippen LogP contribution in [0.5, 0.6) is 0 Å². The third-order valence-electron chi connectivity index (χ3n) is 5.58. The molecule has 7 nitrogen and oxygen atoms in total. The fourth-order valence-corrected chi connectivity index (χ4v) is 3.82. The Balaban J connectivity index is 1.88. The molecule has 0 saturated carbocycles. The third-order valence-corrected chi connectivity index (χ3v) is 5.86. The van der Waals surface area contributed by atoms with E-state index in [-0.39, 0.29) is 17.2 Å². The Bertz CT molecular complexity index is 972. The predicted molar refractivity (Wildman–Crippen MR) is 131 cm³/mol. The molecule has 1 aliphatic heterocycles. The minimum absolute atomic E-state index is 0.0471. The van der Waals surface area contributed by atoms with Crippen LogP contribution in [0.15, 0.2) is 18.3 Å². The van der Waals surface area contributed by atoms with Crippen LogP contribution in [-0.4, -0.2) is 42.1 Å². The summed E-state index contributed by atoms with van der Waals surface area (Å²) >= 11 is 6.29. The van der Waals surface area contributed by atoms with E-state index in [9.17, 15) is 4.79 Å². The predicted octanol–water partition coefficient (Wildman–Crippen LogP) is 4.75. The number of hydrogen-bond donors (Lipinski definition) is 2. The lowest BCUT2D eigenvalue weighted by atomic mass is 9.70. The average molecular weight is 459 g/mol. The van der Waals surface area contributed by atoms with E-state index < -0.39 is 7.12 Å². The molecule has 0 unspecified atom stereocenters. The van der Waals surface area contributed by atoms with Gasteiger partial charge in [0.2, 0.25) is 5.95 Å². The first-order chi connectivity index (χ1) is 15.1. The van der Waals surface area contributed by atoms with E-state index in [1.807, 2.05) is 13.0 Å². The number of nitrogens with one attached hydrogen (secondary N) is 2. The quantitative estimate of drug-likeness (QED) is 0.436. The number of benzene rings is 1. The standard InChI is InChI=1S/C23H32BClN4O3/c1-7-16(8-2)27-21-19(25)11-26-22(29-21)28-17-9-14(3)20(18(10-17)15(4)30)24-31-12-23(5,6)13-32-24/h9-11,16H,7-8,12-13H2,1-6H3,(H2,26,27,28,29). The molecule has 0 atom stereocenters. The second-order valence-electron chi connectivity index (χ2n) is 9.10. The number of ketones is 1. The van der Waals surface area contributed by atoms with Gasteiger partial charge in [-0.3, -0.25) is 4.79 Å². The van der Waals surface area contributed by atoms with Gasteiger partial charge in [-0.2, -0.15) is 4.98 Å². The van der Waals surface area contributed by atoms with E-state index >= 15 is 0 Å². The number of anilines is 3. The Morgan fingerprint density at radius 1 is 1.25 bits per heavy atom. The zero-order chi connectivity index (χ0) is 23.5. The molecule has 0 aliphatic carbocycles. The van der Waals surface area contributed by atoms with Crippen molar-refractivity contribution in [1.82, 2.24) is 9.97 Å². The van der Waals surface area contributed by atoms with Crippen LogP contribution in [0.25, 0.3) is 0 Å². The zero-order valence-electron chi connectivity index (χ0n) is 19.7. The topological polar surface area (TPSA) is 85.4 Å². The van der Waals surface area contributed by atoms with Crippen molar-refractivity contribution in [3.05, 3.63) is 34.5 Å². The van der Waals surface area contributed by atoms with Crippen LogP contribution in [0.2, 0.25) is 5.02 Å². The van der Waals surface area contributed by atoms with E-state index in [0.717, 1.165) is 23.9 Å². The number of carbonyl (C=O) groups excluding carboxylic acids is 1. The monoisotopic (exact) mass is 458 g/mol. The summed E-state index contributed by atoms with van der Waals surface area (Å²) in [6, 6.07) is 4.02. The summed E-state index contributed by atoms with van der Waals surface area (Å²) in [5.74, 6) is 0.929. The summed E-state index contributed by atoms with van der Waals surface area (Å²) in [5.41, 5.74) is 2.89. The Kier molecular flexibility index (Phi) is 7.80. The largest absolute Gasteiger partial charge is 0.494 e. The second-order valence-corrected chi connectivity index (χ2v) is 9.51. The molecule has 0 spiro atoms. The molecule has 172 valence electrons. The number of hydrogen-bond acceptors (Lipinski definition) is 7. The van der Waals surface area contributed by atoms with Gasteiger partial charge in [0.25, 0.3) is 0 Å². The molecular weight excluding hydrogens is 427 g/mol. The molecule has 1 aromatic heterocycles. The highest BCUT2D eigenvalue weighted by Gasteiger charge is 2.36. The molecule has 32 heavy (non-hydrogen) atoms. The lowest BCUT2D eigenvalue weighted by molar-refractivity contribution is 0.0342. The van der Waals surface area contributed by atoms with Gasteiger partial charge in [-0.15, -0.1) is 0 Å². The van der Waals surface area contributed by atoms with E-state index in [1.54, 1.807) is 19.2 Å². The van der Waals surface area contributed by atoms with E-state index in [0.29, 0.717) is 41.3 Å². The normalized spacial score (nSPS) is 15.7. The first kappa shape index (κ1) is 24.5. The smallest absolute Gasteiger partial charge is 0.407 e. The molecule has 0 amide bonds. The number of rotatable bonds is 8. The highest BCUT2D eigenvalue weighted by molar-refractivity contribution is 6.63. The van der Waals surface area contributed by atoms with Crippen molar-refractivity contribution >= 4 is 47.4 Å². The van der Waals surface area contributed by atoms with Crippen LogP contribution in [0, 0.1) is 12.3 Å². The Morgan fingerprint density at radius 3 is 2.50 bits per heavy atom. The molecule has 1 saturated heterocycles. The van der Waals surface area contributed by atoms with Crippen LogP contribution in [-0.2, 0) is 9.31 Å². The van der Waals surface area contributed by atoms with Crippen molar-refractivity contribution in [3.8, 4) is 0 Å². The highest BCUT2D eigenvalue weighted by Crippen LogP contribution is 2.26. The third kappa shape index (κ3) is 5.79. The van der Waals surface area contributed by atoms with E-state index in [1.165, 1.54) is 0 Å². The summed E-state index contributed by atoms with van der Waals surface area (Å²) in [4.78, 5) is 21.3. The minimum atomic E-state index is -0.557. The van der Waals surface area contributed by atoms with Crippen molar-refractivity contribution < 1.29 is 14.1 Å². The number of nitrogens with zero attached hydrogens (tertiary/aromatic N) is 2. The minimum Gasteiger partial charge on any atom is -0.407 e. The van der Waals surface area contributed by atoms with E-state index in [2.05, 4.69) is 48.3 Å². The Labute approximate surface area is 195 Å². The summed E-state index contributed by atoms with van der Waals surface area (Å²) in [6.07, 6.45) is 3.50. The van der Waals surface area contributed by atoms with Crippen molar-refractivity contribution in [1.29, 1.82) is 0 Å². The van der Waals surface area contributed by atoms with Crippen LogP contribution in [0.1, 0.15) is 63.4 Å². The van der Waals surface area contributed by atoms with Crippen LogP contribution >= 0.6 is 11.6 Å². The molecule has 2 aromatic rings. The molecule has 3 rings (SSSR count). The maximum Gasteiger partial charge on any atom is 0.494 e. The van der Waals surface area contributed by atoms with E-state index in [4.69, 9.17) is 20.9 Å². The fourth-order valence-electron chi connectivity index (χ4n) is 3.68. The van der Waals surface area contributed by atoms with Gasteiger partial charge < -0.3 is 19.9 Å². The van der Waals surface area contributed by atoms with Gasteiger partial charge in [-0.25, -0.2) is 4.98 Å². The van der Waals surface area contributed by atoms with Crippen molar-refractivity contribution in [2.45, 2.75) is 60.4 Å². The molecule has 0 radical (unpaired) electrons. The zero-order valence-corrected chi connectivity index (χ0v) is 20.5. The summed E-state index contributed by atoms with van der Waals surface area (Å²) in [7, 11) is -0.557. The summed E-state index contributed by atoms with van der Waals surface area (Å²) in [6.45, 7) is 13.0. The first-order valence-electron chi connectivity index (χ1n) is 11.1. The van der Waals surface area contributed by atoms with Gasteiger partial charge in [-0.05, 0) is 49.8 Å². The van der Waals surface area contributed by atoms with Crippen LogP contribution in [0.4, 0.5) is 17.5 Å². The molecule has 1 aliphatic rings. The lowest BCUT2D eigenvalue weighted by Gasteiger charge is -2.34. The van der Waals surface area contributed by atoms with Gasteiger partial charge in [-0.1, -0.05) is 39.3 Å². The van der Waals surface area contributed by atoms with Gasteiger partial charge in [0.15, 0.2) is 11.6 Å². The molecule has 0 bridgehead atoms. The average Bonchev–Trinajstić information content (AvgIpc) is 2.74. The highest BCUT2D eigenvalue weighted by atomic mass is 35.5. The lowest BCUT2D eigenvalue weighted by Crippen LogP contribution is -2.49. The molecule has 2 N–H and O–H groups in total. The number of halogens is 1. The molecule has 2 heterocycles. The van der Waals surface area contributed by atoms with Gasteiger partial charge in [0.05, 0.1) is 6.20 Å². The molecular formula is C23H32BClN4O3. The number of aryl methyl sites for hydroxylation is 1. The maximum absolute atomic E-state index is 12.5. The molecule has 9 heteroatoms. The number of Topliss-reactive ketones (excluding diaryl/α,β-unsaturated/α-hetero) is 1. The first-order valence-corrected chi connectivity index (χ1v) is 11.5.